The van der Waals surface area contributed by atoms with E-state index in [4.69, 9.17) is 18.7 Å². The van der Waals surface area contributed by atoms with Crippen LogP contribution in [0.25, 0.3) is 11.4 Å². The molecule has 1 fully saturated rings. The number of ether oxygens (including phenoxy) is 3. The minimum atomic E-state index is -0.0251. The normalized spacial score (nSPS) is 14.7. The summed E-state index contributed by atoms with van der Waals surface area (Å²) >= 11 is 0. The minimum Gasteiger partial charge on any atom is -0.493 e. The van der Waals surface area contributed by atoms with E-state index >= 15 is 0 Å². The number of amides is 1. The Balaban J connectivity index is 1.27. The zero-order chi connectivity index (χ0) is 24.8. The maximum absolute atomic E-state index is 12.7. The molecule has 0 atom stereocenters. The minimum absolute atomic E-state index is 0.0251. The van der Waals surface area contributed by atoms with E-state index in [0.29, 0.717) is 29.8 Å². The molecule has 9 nitrogen and oxygen atoms in total. The van der Waals surface area contributed by atoms with Gasteiger partial charge in [0.15, 0.2) is 11.5 Å². The predicted molar refractivity (Wildman–Crippen MR) is 132 cm³/mol. The molecule has 3 aromatic rings. The number of carbonyl (C=O) groups excluding carboxylic acids is 1. The molecular weight excluding hydrogens is 448 g/mol. The molecule has 0 unspecified atom stereocenters. The van der Waals surface area contributed by atoms with Crippen molar-refractivity contribution >= 4 is 11.6 Å². The summed E-state index contributed by atoms with van der Waals surface area (Å²) in [6, 6.07) is 13.0. The molecule has 0 aliphatic carbocycles. The molecule has 0 saturated carbocycles. The fourth-order valence-electron chi connectivity index (χ4n) is 4.09. The Hall–Kier alpha value is -3.59. The monoisotopic (exact) mass is 480 g/mol. The molecule has 2 aromatic carbocycles. The molecule has 1 aliphatic rings. The van der Waals surface area contributed by atoms with Gasteiger partial charge in [0.05, 0.1) is 26.9 Å². The third-order valence-electron chi connectivity index (χ3n) is 5.92. The standard InChI is InChI=1S/C26H32N4O5/c1-17(2)34-21-8-6-20(7-9-21)27-26(31)18-11-13-30(14-12-18)16-24-28-25(29-35-24)19-5-10-22(32-3)23(15-19)33-4/h5-10,15,17-18H,11-14,16H2,1-4H3,(H,27,31). The first kappa shape index (κ1) is 24.5. The molecule has 1 aromatic heterocycles. The number of anilines is 1. The van der Waals surface area contributed by atoms with Crippen LogP contribution in [-0.4, -0.2) is 54.4 Å². The molecule has 1 amide bonds. The molecule has 0 spiro atoms. The number of methoxy groups -OCH3 is 2. The average molecular weight is 481 g/mol. The van der Waals surface area contributed by atoms with Gasteiger partial charge in [0.2, 0.25) is 17.6 Å². The van der Waals surface area contributed by atoms with E-state index in [1.807, 2.05) is 56.3 Å². The molecule has 2 heterocycles. The third-order valence-corrected chi connectivity index (χ3v) is 5.92. The topological polar surface area (TPSA) is 99.0 Å². The number of carbonyl (C=O) groups is 1. The number of rotatable bonds is 9. The Bertz CT molecular complexity index is 1120. The average Bonchev–Trinajstić information content (AvgIpc) is 3.33. The smallest absolute Gasteiger partial charge is 0.241 e. The number of nitrogens with zero attached hydrogens (tertiary/aromatic N) is 3. The molecule has 4 rings (SSSR count). The van der Waals surface area contributed by atoms with Crippen molar-refractivity contribution in [2.24, 2.45) is 5.92 Å². The van der Waals surface area contributed by atoms with Crippen LogP contribution in [0.5, 0.6) is 17.2 Å². The number of piperidine rings is 1. The highest BCUT2D eigenvalue weighted by Crippen LogP contribution is 2.31. The Morgan fingerprint density at radius 2 is 1.80 bits per heavy atom. The molecule has 186 valence electrons. The largest absolute Gasteiger partial charge is 0.493 e. The maximum Gasteiger partial charge on any atom is 0.241 e. The highest BCUT2D eigenvalue weighted by molar-refractivity contribution is 5.92. The number of aromatic nitrogens is 2. The van der Waals surface area contributed by atoms with Gasteiger partial charge in [-0.25, -0.2) is 0 Å². The lowest BCUT2D eigenvalue weighted by molar-refractivity contribution is -0.121. The van der Waals surface area contributed by atoms with Crippen LogP contribution in [0, 0.1) is 5.92 Å². The first-order valence-corrected chi connectivity index (χ1v) is 11.8. The summed E-state index contributed by atoms with van der Waals surface area (Å²) in [5.74, 6) is 3.11. The fourth-order valence-corrected chi connectivity index (χ4v) is 4.09. The molecule has 1 aliphatic heterocycles. The van der Waals surface area contributed by atoms with Gasteiger partial charge in [-0.3, -0.25) is 9.69 Å². The van der Waals surface area contributed by atoms with Gasteiger partial charge in [-0.2, -0.15) is 4.98 Å². The molecule has 9 heteroatoms. The quantitative estimate of drug-likeness (QED) is 0.481. The predicted octanol–water partition coefficient (Wildman–Crippen LogP) is 4.39. The molecule has 0 radical (unpaired) electrons. The van der Waals surface area contributed by atoms with Crippen LogP contribution in [0.3, 0.4) is 0 Å². The van der Waals surface area contributed by atoms with E-state index in [0.717, 1.165) is 42.9 Å². The van der Waals surface area contributed by atoms with Gasteiger partial charge in [-0.1, -0.05) is 5.16 Å². The van der Waals surface area contributed by atoms with Gasteiger partial charge in [0.25, 0.3) is 0 Å². The van der Waals surface area contributed by atoms with Crippen molar-refractivity contribution in [1.29, 1.82) is 0 Å². The van der Waals surface area contributed by atoms with E-state index in [-0.39, 0.29) is 17.9 Å². The highest BCUT2D eigenvalue weighted by atomic mass is 16.5. The van der Waals surface area contributed by atoms with Gasteiger partial charge in [0, 0.05) is 17.2 Å². The second kappa shape index (κ2) is 11.2. The zero-order valence-electron chi connectivity index (χ0n) is 20.6. The van der Waals surface area contributed by atoms with Crippen LogP contribution in [-0.2, 0) is 11.3 Å². The summed E-state index contributed by atoms with van der Waals surface area (Å²) in [5.41, 5.74) is 1.57. The van der Waals surface area contributed by atoms with Crippen molar-refractivity contribution in [3.63, 3.8) is 0 Å². The number of likely N-dealkylation sites (tertiary alicyclic amines) is 1. The second-order valence-electron chi connectivity index (χ2n) is 8.81. The lowest BCUT2D eigenvalue weighted by Crippen LogP contribution is -2.37. The van der Waals surface area contributed by atoms with Crippen LogP contribution in [0.4, 0.5) is 5.69 Å². The van der Waals surface area contributed by atoms with Crippen molar-refractivity contribution in [3.05, 3.63) is 48.4 Å². The van der Waals surface area contributed by atoms with E-state index in [1.54, 1.807) is 14.2 Å². The van der Waals surface area contributed by atoms with Gasteiger partial charge in [-0.15, -0.1) is 0 Å². The number of hydrogen-bond donors (Lipinski definition) is 1. The van der Waals surface area contributed by atoms with Gasteiger partial charge in [-0.05, 0) is 82.2 Å². The first-order chi connectivity index (χ1) is 16.9. The molecule has 1 saturated heterocycles. The van der Waals surface area contributed by atoms with Crippen molar-refractivity contribution in [1.82, 2.24) is 15.0 Å². The van der Waals surface area contributed by atoms with E-state index in [1.165, 1.54) is 0 Å². The van der Waals surface area contributed by atoms with Crippen LogP contribution >= 0.6 is 0 Å². The molecule has 1 N–H and O–H groups in total. The van der Waals surface area contributed by atoms with E-state index < -0.39 is 0 Å². The van der Waals surface area contributed by atoms with Crippen LogP contribution in [0.2, 0.25) is 0 Å². The molecule has 35 heavy (non-hydrogen) atoms. The maximum atomic E-state index is 12.7. The van der Waals surface area contributed by atoms with Crippen molar-refractivity contribution in [2.45, 2.75) is 39.3 Å². The van der Waals surface area contributed by atoms with Crippen molar-refractivity contribution < 1.29 is 23.5 Å². The Labute approximate surface area is 205 Å². The Morgan fingerprint density at radius 3 is 2.46 bits per heavy atom. The summed E-state index contributed by atoms with van der Waals surface area (Å²) in [7, 11) is 3.18. The van der Waals surface area contributed by atoms with Crippen LogP contribution in [0.1, 0.15) is 32.6 Å². The summed E-state index contributed by atoms with van der Waals surface area (Å²) in [4.78, 5) is 19.5. The summed E-state index contributed by atoms with van der Waals surface area (Å²) in [6.45, 7) is 6.09. The lowest BCUT2D eigenvalue weighted by Gasteiger charge is -2.30. The number of hydrogen-bond acceptors (Lipinski definition) is 8. The summed E-state index contributed by atoms with van der Waals surface area (Å²) in [5, 5.41) is 7.14. The van der Waals surface area contributed by atoms with Gasteiger partial charge >= 0.3 is 0 Å². The van der Waals surface area contributed by atoms with E-state index in [9.17, 15) is 4.79 Å². The van der Waals surface area contributed by atoms with Crippen LogP contribution < -0.4 is 19.5 Å². The van der Waals surface area contributed by atoms with E-state index in [2.05, 4.69) is 20.4 Å². The number of nitrogens with one attached hydrogen (secondary N) is 1. The van der Waals surface area contributed by atoms with Gasteiger partial charge < -0.3 is 24.1 Å². The Kier molecular flexibility index (Phi) is 7.87. The van der Waals surface area contributed by atoms with Crippen molar-refractivity contribution in [2.75, 3.05) is 32.6 Å². The number of benzene rings is 2. The third kappa shape index (κ3) is 6.30. The second-order valence-corrected chi connectivity index (χ2v) is 8.81. The van der Waals surface area contributed by atoms with Gasteiger partial charge in [0.1, 0.15) is 5.75 Å². The summed E-state index contributed by atoms with van der Waals surface area (Å²) < 4.78 is 21.8. The SMILES string of the molecule is COc1ccc(-c2noc(CN3CCC(C(=O)Nc4ccc(OC(C)C)cc4)CC3)n2)cc1OC. The lowest BCUT2D eigenvalue weighted by atomic mass is 9.96. The molecular formula is C26H32N4O5. The Morgan fingerprint density at radius 1 is 1.09 bits per heavy atom. The highest BCUT2D eigenvalue weighted by Gasteiger charge is 2.26. The van der Waals surface area contributed by atoms with Crippen molar-refractivity contribution in [3.8, 4) is 28.6 Å². The fraction of sp³-hybridized carbons (Fsp3) is 0.423. The van der Waals surface area contributed by atoms with Crippen LogP contribution in [0.15, 0.2) is 47.0 Å². The first-order valence-electron chi connectivity index (χ1n) is 11.8. The molecule has 0 bridgehead atoms. The summed E-state index contributed by atoms with van der Waals surface area (Å²) in [6.07, 6.45) is 1.67. The zero-order valence-corrected chi connectivity index (χ0v) is 20.6.